The zero-order valence-electron chi connectivity index (χ0n) is 8.22. The van der Waals surface area contributed by atoms with E-state index in [1.54, 1.807) is 20.8 Å². The minimum absolute atomic E-state index is 0.312. The lowest BCUT2D eigenvalue weighted by atomic mass is 10.3. The highest BCUT2D eigenvalue weighted by Gasteiger charge is 2.16. The van der Waals surface area contributed by atoms with Crippen molar-refractivity contribution in [2.45, 2.75) is 26.8 Å². The predicted molar refractivity (Wildman–Crippen MR) is 49.1 cm³/mol. The van der Waals surface area contributed by atoms with E-state index < -0.39 is 12.0 Å². The molecule has 0 heterocycles. The Bertz CT molecular complexity index is 223. The number of carbonyl (C=O) groups excluding carboxylic acids is 2. The first-order chi connectivity index (χ1) is 5.99. The maximum Gasteiger partial charge on any atom is 0.328 e. The second-order valence-electron chi connectivity index (χ2n) is 2.73. The lowest BCUT2D eigenvalue weighted by Crippen LogP contribution is -2.39. The van der Waals surface area contributed by atoms with E-state index in [0.29, 0.717) is 12.2 Å². The van der Waals surface area contributed by atoms with Gasteiger partial charge < -0.3 is 10.1 Å². The summed E-state index contributed by atoms with van der Waals surface area (Å²) >= 11 is 0. The summed E-state index contributed by atoms with van der Waals surface area (Å²) in [7, 11) is 0. The first-order valence-electron chi connectivity index (χ1n) is 4.12. The lowest BCUT2D eigenvalue weighted by Gasteiger charge is -2.11. The monoisotopic (exact) mass is 185 g/mol. The summed E-state index contributed by atoms with van der Waals surface area (Å²) in [5.41, 5.74) is 0.371. The maximum absolute atomic E-state index is 11.0. The molecular formula is C9H15NO3. The summed E-state index contributed by atoms with van der Waals surface area (Å²) in [5.74, 6) is -0.766. The minimum atomic E-state index is -0.621. The topological polar surface area (TPSA) is 55.4 Å². The molecule has 0 aromatic heterocycles. The molecule has 1 N–H and O–H groups in total. The van der Waals surface area contributed by atoms with Gasteiger partial charge in [-0.3, -0.25) is 4.79 Å². The largest absolute Gasteiger partial charge is 0.464 e. The highest BCUT2D eigenvalue weighted by atomic mass is 16.5. The standard InChI is InChI=1S/C9H15NO3/c1-5-13-9(12)7(4)10-8(11)6(2)3/h7H,2,5H2,1,3-4H3,(H,10,11)/t7-/m1/s1. The van der Waals surface area contributed by atoms with Crippen molar-refractivity contribution in [3.8, 4) is 0 Å². The summed E-state index contributed by atoms with van der Waals surface area (Å²) in [6, 6.07) is -0.621. The lowest BCUT2D eigenvalue weighted by molar-refractivity contribution is -0.146. The molecule has 1 atom stereocenters. The average Bonchev–Trinajstić information content (AvgIpc) is 2.04. The summed E-state index contributed by atoms with van der Waals surface area (Å²) in [6.07, 6.45) is 0. The number of rotatable bonds is 4. The van der Waals surface area contributed by atoms with Gasteiger partial charge in [0, 0.05) is 5.57 Å². The summed E-state index contributed by atoms with van der Waals surface area (Å²) in [5, 5.41) is 2.45. The van der Waals surface area contributed by atoms with E-state index in [4.69, 9.17) is 4.74 Å². The molecule has 4 nitrogen and oxygen atoms in total. The molecule has 0 spiro atoms. The van der Waals surface area contributed by atoms with Gasteiger partial charge in [-0.05, 0) is 20.8 Å². The van der Waals surface area contributed by atoms with Crippen molar-refractivity contribution in [1.29, 1.82) is 0 Å². The fraction of sp³-hybridized carbons (Fsp3) is 0.556. The van der Waals surface area contributed by atoms with Crippen LogP contribution < -0.4 is 5.32 Å². The van der Waals surface area contributed by atoms with Gasteiger partial charge >= 0.3 is 5.97 Å². The number of ether oxygens (including phenoxy) is 1. The molecule has 74 valence electrons. The van der Waals surface area contributed by atoms with E-state index in [0.717, 1.165) is 0 Å². The Morgan fingerprint density at radius 3 is 2.46 bits per heavy atom. The number of hydrogen-bond acceptors (Lipinski definition) is 3. The molecule has 0 aliphatic rings. The second kappa shape index (κ2) is 5.35. The van der Waals surface area contributed by atoms with E-state index in [9.17, 15) is 9.59 Å². The Morgan fingerprint density at radius 2 is 2.08 bits per heavy atom. The van der Waals surface area contributed by atoms with Crippen LogP contribution in [0.4, 0.5) is 0 Å². The molecule has 0 rings (SSSR count). The van der Waals surface area contributed by atoms with Gasteiger partial charge in [-0.1, -0.05) is 6.58 Å². The molecule has 0 unspecified atom stereocenters. The number of esters is 1. The third kappa shape index (κ3) is 4.30. The number of hydrogen-bond donors (Lipinski definition) is 1. The molecule has 0 bridgehead atoms. The molecule has 4 heteroatoms. The Labute approximate surface area is 78.0 Å². The van der Waals surface area contributed by atoms with Crippen molar-refractivity contribution >= 4 is 11.9 Å². The van der Waals surface area contributed by atoms with Gasteiger partial charge in [0.2, 0.25) is 5.91 Å². The molecule has 0 saturated heterocycles. The van der Waals surface area contributed by atoms with Crippen molar-refractivity contribution in [3.05, 3.63) is 12.2 Å². The number of carbonyl (C=O) groups is 2. The predicted octanol–water partition coefficient (Wildman–Crippen LogP) is 0.630. The molecular weight excluding hydrogens is 170 g/mol. The smallest absolute Gasteiger partial charge is 0.328 e. The maximum atomic E-state index is 11.0. The third-order valence-electron chi connectivity index (χ3n) is 1.38. The fourth-order valence-electron chi connectivity index (χ4n) is 0.646. The summed E-state index contributed by atoms with van der Waals surface area (Å²) in [4.78, 5) is 22.1. The molecule has 0 aromatic rings. The van der Waals surface area contributed by atoms with Crippen LogP contribution in [0.1, 0.15) is 20.8 Å². The highest BCUT2D eigenvalue weighted by Crippen LogP contribution is 1.92. The molecule has 0 aliphatic carbocycles. The normalized spacial score (nSPS) is 11.6. The number of nitrogens with one attached hydrogen (secondary N) is 1. The van der Waals surface area contributed by atoms with Gasteiger partial charge in [0.25, 0.3) is 0 Å². The van der Waals surface area contributed by atoms with E-state index >= 15 is 0 Å². The molecule has 0 fully saturated rings. The average molecular weight is 185 g/mol. The van der Waals surface area contributed by atoms with Crippen LogP contribution in [0.2, 0.25) is 0 Å². The van der Waals surface area contributed by atoms with Crippen molar-refractivity contribution < 1.29 is 14.3 Å². The van der Waals surface area contributed by atoms with Crippen LogP contribution in [0.5, 0.6) is 0 Å². The van der Waals surface area contributed by atoms with Crippen LogP contribution in [-0.2, 0) is 14.3 Å². The van der Waals surface area contributed by atoms with Gasteiger partial charge in [-0.25, -0.2) is 4.79 Å². The fourth-order valence-corrected chi connectivity index (χ4v) is 0.646. The molecule has 1 amide bonds. The van der Waals surface area contributed by atoms with E-state index in [1.807, 2.05) is 0 Å². The second-order valence-corrected chi connectivity index (χ2v) is 2.73. The first kappa shape index (κ1) is 11.7. The zero-order valence-corrected chi connectivity index (χ0v) is 8.22. The minimum Gasteiger partial charge on any atom is -0.464 e. The van der Waals surface area contributed by atoms with Gasteiger partial charge in [0.1, 0.15) is 6.04 Å². The van der Waals surface area contributed by atoms with Crippen molar-refractivity contribution in [3.63, 3.8) is 0 Å². The zero-order chi connectivity index (χ0) is 10.4. The highest BCUT2D eigenvalue weighted by molar-refractivity contribution is 5.94. The quantitative estimate of drug-likeness (QED) is 0.516. The molecule has 0 saturated carbocycles. The van der Waals surface area contributed by atoms with Gasteiger partial charge in [0.05, 0.1) is 6.61 Å². The van der Waals surface area contributed by atoms with E-state index in [-0.39, 0.29) is 5.91 Å². The molecule has 13 heavy (non-hydrogen) atoms. The van der Waals surface area contributed by atoms with Crippen molar-refractivity contribution in [2.75, 3.05) is 6.61 Å². The Balaban J connectivity index is 3.99. The van der Waals surface area contributed by atoms with Crippen molar-refractivity contribution in [1.82, 2.24) is 5.32 Å². The third-order valence-corrected chi connectivity index (χ3v) is 1.38. The summed E-state index contributed by atoms with van der Waals surface area (Å²) < 4.78 is 4.70. The Morgan fingerprint density at radius 1 is 1.54 bits per heavy atom. The van der Waals surface area contributed by atoms with Crippen LogP contribution in [0.25, 0.3) is 0 Å². The molecule has 0 aromatic carbocycles. The molecule has 0 radical (unpaired) electrons. The van der Waals surface area contributed by atoms with Crippen LogP contribution in [0, 0.1) is 0 Å². The van der Waals surface area contributed by atoms with E-state index in [1.165, 1.54) is 0 Å². The SMILES string of the molecule is C=C(C)C(=O)N[C@H](C)C(=O)OCC. The first-order valence-corrected chi connectivity index (χ1v) is 4.12. The van der Waals surface area contributed by atoms with Crippen LogP contribution in [-0.4, -0.2) is 24.5 Å². The van der Waals surface area contributed by atoms with Crippen molar-refractivity contribution in [2.24, 2.45) is 0 Å². The van der Waals surface area contributed by atoms with Gasteiger partial charge in [-0.15, -0.1) is 0 Å². The van der Waals surface area contributed by atoms with Crippen LogP contribution >= 0.6 is 0 Å². The molecule has 0 aliphatic heterocycles. The Kier molecular flexibility index (Phi) is 4.80. The summed E-state index contributed by atoms with van der Waals surface area (Å²) in [6.45, 7) is 8.62. The Hall–Kier alpha value is -1.32. The van der Waals surface area contributed by atoms with E-state index in [2.05, 4.69) is 11.9 Å². The van der Waals surface area contributed by atoms with Crippen LogP contribution in [0.3, 0.4) is 0 Å². The van der Waals surface area contributed by atoms with Crippen LogP contribution in [0.15, 0.2) is 12.2 Å². The van der Waals surface area contributed by atoms with Gasteiger partial charge in [0.15, 0.2) is 0 Å². The number of amides is 1. The van der Waals surface area contributed by atoms with Gasteiger partial charge in [-0.2, -0.15) is 0 Å².